The average Bonchev–Trinajstić information content (AvgIpc) is 1.77. The van der Waals surface area contributed by atoms with Crippen LogP contribution in [0.3, 0.4) is 0 Å². The summed E-state index contributed by atoms with van der Waals surface area (Å²) in [7, 11) is 0. The number of carbonyl (C=O) groups is 1. The Labute approximate surface area is 62.2 Å². The third kappa shape index (κ3) is 1.70. The van der Waals surface area contributed by atoms with Gasteiger partial charge in [-0.25, -0.2) is 0 Å². The first-order valence-corrected chi connectivity index (χ1v) is 3.58. The molecule has 1 rings (SSSR count). The summed E-state index contributed by atoms with van der Waals surface area (Å²) in [6.45, 7) is 5.13. The van der Waals surface area contributed by atoms with E-state index in [9.17, 15) is 4.79 Å². The van der Waals surface area contributed by atoms with E-state index in [1.165, 1.54) is 0 Å². The van der Waals surface area contributed by atoms with E-state index in [0.29, 0.717) is 13.2 Å². The van der Waals surface area contributed by atoms with Crippen molar-refractivity contribution < 1.29 is 11.0 Å². The van der Waals surface area contributed by atoms with Gasteiger partial charge in [-0.2, -0.15) is 0 Å². The number of rotatable bonds is 2. The Hall–Kier alpha value is -0.570. The molecule has 1 N–H and O–H groups in total. The van der Waals surface area contributed by atoms with Crippen molar-refractivity contribution in [2.24, 2.45) is 5.92 Å². The standard InChI is InChI=1S/C7H13NO2.H2/c1-5(2)7(9)8-6-3-10-4-6;/h5-6H,3-4H2,1-2H3,(H,8,9);1H. The van der Waals surface area contributed by atoms with Crippen LogP contribution in [0.4, 0.5) is 0 Å². The summed E-state index contributed by atoms with van der Waals surface area (Å²) in [6, 6.07) is 0.273. The van der Waals surface area contributed by atoms with Crippen molar-refractivity contribution >= 4 is 5.91 Å². The Morgan fingerprint density at radius 2 is 2.30 bits per heavy atom. The minimum absolute atomic E-state index is 0. The molecule has 3 heteroatoms. The van der Waals surface area contributed by atoms with E-state index in [1.807, 2.05) is 13.8 Å². The molecule has 3 nitrogen and oxygen atoms in total. The molecule has 1 heterocycles. The Balaban J connectivity index is 0.000001000. The molecular formula is C7H15NO2. The lowest BCUT2D eigenvalue weighted by Gasteiger charge is -2.27. The number of hydrogen-bond acceptors (Lipinski definition) is 2. The molecule has 60 valence electrons. The van der Waals surface area contributed by atoms with Gasteiger partial charge < -0.3 is 10.1 Å². The van der Waals surface area contributed by atoms with Crippen molar-refractivity contribution in [3.63, 3.8) is 0 Å². The summed E-state index contributed by atoms with van der Waals surface area (Å²) in [5.74, 6) is 0.203. The predicted molar refractivity (Wildman–Crippen MR) is 39.7 cm³/mol. The van der Waals surface area contributed by atoms with Crippen LogP contribution in [0, 0.1) is 5.92 Å². The predicted octanol–water partition coefficient (Wildman–Crippen LogP) is 0.403. The van der Waals surface area contributed by atoms with Crippen molar-refractivity contribution in [3.05, 3.63) is 0 Å². The van der Waals surface area contributed by atoms with Gasteiger partial charge in [-0.1, -0.05) is 13.8 Å². The molecule has 0 unspecified atom stereocenters. The number of carbonyl (C=O) groups excluding carboxylic acids is 1. The number of hydrogen-bond donors (Lipinski definition) is 1. The van der Waals surface area contributed by atoms with Crippen LogP contribution in [-0.4, -0.2) is 25.2 Å². The summed E-state index contributed by atoms with van der Waals surface area (Å²) in [6.07, 6.45) is 0. The highest BCUT2D eigenvalue weighted by molar-refractivity contribution is 5.78. The second kappa shape index (κ2) is 3.01. The Morgan fingerprint density at radius 1 is 1.70 bits per heavy atom. The van der Waals surface area contributed by atoms with E-state index < -0.39 is 0 Å². The highest BCUT2D eigenvalue weighted by Crippen LogP contribution is 2.01. The van der Waals surface area contributed by atoms with Crippen LogP contribution in [0.1, 0.15) is 15.3 Å². The van der Waals surface area contributed by atoms with Gasteiger partial charge in [0.2, 0.25) is 5.91 Å². The van der Waals surface area contributed by atoms with Gasteiger partial charge in [0, 0.05) is 7.34 Å². The number of ether oxygens (including phenoxy) is 1. The zero-order chi connectivity index (χ0) is 7.56. The molecule has 0 radical (unpaired) electrons. The largest absolute Gasteiger partial charge is 0.377 e. The molecule has 0 aromatic rings. The van der Waals surface area contributed by atoms with Crippen LogP contribution in [0.25, 0.3) is 0 Å². The maximum absolute atomic E-state index is 11.0. The minimum atomic E-state index is 0. The molecule has 1 amide bonds. The third-order valence-corrected chi connectivity index (χ3v) is 1.51. The maximum Gasteiger partial charge on any atom is 0.222 e. The van der Waals surface area contributed by atoms with Gasteiger partial charge in [0.25, 0.3) is 0 Å². The van der Waals surface area contributed by atoms with E-state index >= 15 is 0 Å². The van der Waals surface area contributed by atoms with Crippen molar-refractivity contribution in [2.45, 2.75) is 19.9 Å². The Bertz CT molecular complexity index is 134. The van der Waals surface area contributed by atoms with Crippen molar-refractivity contribution in [2.75, 3.05) is 13.2 Å². The highest BCUT2D eigenvalue weighted by atomic mass is 16.5. The van der Waals surface area contributed by atoms with Gasteiger partial charge in [-0.15, -0.1) is 0 Å². The van der Waals surface area contributed by atoms with Gasteiger partial charge >= 0.3 is 0 Å². The fourth-order valence-corrected chi connectivity index (χ4v) is 0.687. The molecule has 0 saturated carbocycles. The SMILES string of the molecule is CC(C)C(=O)NC1COC1.[HH]. The van der Waals surface area contributed by atoms with Crippen LogP contribution in [-0.2, 0) is 9.53 Å². The zero-order valence-electron chi connectivity index (χ0n) is 6.39. The van der Waals surface area contributed by atoms with Crippen LogP contribution >= 0.6 is 0 Å². The summed E-state index contributed by atoms with van der Waals surface area (Å²) in [5, 5.41) is 2.85. The van der Waals surface area contributed by atoms with Gasteiger partial charge in [0.15, 0.2) is 0 Å². The Morgan fingerprint density at radius 3 is 2.60 bits per heavy atom. The first kappa shape index (κ1) is 7.54. The molecule has 1 aliphatic heterocycles. The van der Waals surface area contributed by atoms with E-state index in [4.69, 9.17) is 4.74 Å². The molecule has 10 heavy (non-hydrogen) atoms. The molecule has 0 aliphatic carbocycles. The number of amides is 1. The van der Waals surface area contributed by atoms with Crippen LogP contribution in [0.5, 0.6) is 0 Å². The molecule has 0 aromatic heterocycles. The van der Waals surface area contributed by atoms with Crippen molar-refractivity contribution in [1.29, 1.82) is 0 Å². The normalized spacial score (nSPS) is 18.7. The average molecular weight is 145 g/mol. The van der Waals surface area contributed by atoms with E-state index in [0.717, 1.165) is 0 Å². The van der Waals surface area contributed by atoms with Crippen molar-refractivity contribution in [3.8, 4) is 0 Å². The van der Waals surface area contributed by atoms with Crippen molar-refractivity contribution in [1.82, 2.24) is 5.32 Å². The summed E-state index contributed by atoms with van der Waals surface area (Å²) in [5.41, 5.74) is 0. The lowest BCUT2D eigenvalue weighted by molar-refractivity contribution is -0.128. The summed E-state index contributed by atoms with van der Waals surface area (Å²) < 4.78 is 4.90. The van der Waals surface area contributed by atoms with Crippen LogP contribution in [0.2, 0.25) is 0 Å². The molecule has 0 atom stereocenters. The quantitative estimate of drug-likeness (QED) is 0.611. The van der Waals surface area contributed by atoms with E-state index in [2.05, 4.69) is 5.32 Å². The molecule has 1 saturated heterocycles. The first-order chi connectivity index (χ1) is 4.70. The summed E-state index contributed by atoms with van der Waals surface area (Å²) >= 11 is 0. The summed E-state index contributed by atoms with van der Waals surface area (Å²) in [4.78, 5) is 11.0. The van der Waals surface area contributed by atoms with E-state index in [1.54, 1.807) is 0 Å². The van der Waals surface area contributed by atoms with E-state index in [-0.39, 0.29) is 19.3 Å². The second-order valence-corrected chi connectivity index (χ2v) is 2.90. The van der Waals surface area contributed by atoms with Crippen LogP contribution < -0.4 is 5.32 Å². The van der Waals surface area contributed by atoms with Gasteiger partial charge in [0.1, 0.15) is 0 Å². The zero-order valence-corrected chi connectivity index (χ0v) is 6.39. The molecule has 0 spiro atoms. The monoisotopic (exact) mass is 145 g/mol. The molecule has 1 fully saturated rings. The third-order valence-electron chi connectivity index (χ3n) is 1.51. The van der Waals surface area contributed by atoms with Gasteiger partial charge in [-0.3, -0.25) is 4.79 Å². The first-order valence-electron chi connectivity index (χ1n) is 3.58. The van der Waals surface area contributed by atoms with Gasteiger partial charge in [0.05, 0.1) is 19.3 Å². The lowest BCUT2D eigenvalue weighted by atomic mass is 10.2. The minimum Gasteiger partial charge on any atom is -0.377 e. The fourth-order valence-electron chi connectivity index (χ4n) is 0.687. The topological polar surface area (TPSA) is 38.3 Å². The molecule has 0 aromatic carbocycles. The van der Waals surface area contributed by atoms with Gasteiger partial charge in [-0.05, 0) is 0 Å². The highest BCUT2D eigenvalue weighted by Gasteiger charge is 2.21. The fraction of sp³-hybridized carbons (Fsp3) is 0.857. The molecular weight excluding hydrogens is 130 g/mol. The molecule has 1 aliphatic rings. The molecule has 0 bridgehead atoms. The Kier molecular flexibility index (Phi) is 2.27. The lowest BCUT2D eigenvalue weighted by Crippen LogP contribution is -2.49. The smallest absolute Gasteiger partial charge is 0.222 e. The maximum atomic E-state index is 11.0. The second-order valence-electron chi connectivity index (χ2n) is 2.90. The van der Waals surface area contributed by atoms with Crippen LogP contribution in [0.15, 0.2) is 0 Å². The number of nitrogens with one attached hydrogen (secondary N) is 1.